The maximum absolute atomic E-state index is 5.34. The molecule has 0 bridgehead atoms. The van der Waals surface area contributed by atoms with Gasteiger partial charge in [0.15, 0.2) is 0 Å². The Morgan fingerprint density at radius 2 is 0.783 bits per heavy atom. The normalized spacial score (nSPS) is 11.1. The Morgan fingerprint density at radius 1 is 0.478 bits per heavy atom. The summed E-state index contributed by atoms with van der Waals surface area (Å²) in [7, 11) is 3.57. The van der Waals surface area contributed by atoms with Gasteiger partial charge in [0.25, 0.3) is 0 Å². The Bertz CT molecular complexity index is 208. The Labute approximate surface area is 151 Å². The third-order valence-electron chi connectivity index (χ3n) is 4.82. The van der Waals surface area contributed by atoms with E-state index < -0.39 is 14.8 Å². The summed E-state index contributed by atoms with van der Waals surface area (Å²) in [5.74, 6) is 0. The zero-order chi connectivity index (χ0) is 17.0. The average molecular weight is 343 g/mol. The first-order valence-corrected chi connectivity index (χ1v) is 12.2. The molecule has 0 amide bonds. The minimum absolute atomic E-state index is 1.17. The number of rotatable bonds is 19. The van der Waals surface area contributed by atoms with E-state index in [9.17, 15) is 0 Å². The lowest BCUT2D eigenvalue weighted by Crippen LogP contribution is -2.18. The first-order chi connectivity index (χ1) is 11.3. The van der Waals surface area contributed by atoms with Crippen LogP contribution in [0.5, 0.6) is 0 Å². The van der Waals surface area contributed by atoms with E-state index in [0.717, 1.165) is 0 Å². The monoisotopic (exact) mass is 342 g/mol. The summed E-state index contributed by atoms with van der Waals surface area (Å²) in [5.41, 5.74) is 0. The number of unbranched alkanes of at least 4 members (excludes halogenated alkanes) is 15. The molecule has 0 aromatic heterocycles. The summed E-state index contributed by atoms with van der Waals surface area (Å²) in [6.07, 6.45) is 22.8. The minimum Gasteiger partial charge on any atom is -0.481 e. The first kappa shape index (κ1) is 23.5. The predicted octanol–water partition coefficient (Wildman–Crippen LogP) is 7.03. The molecule has 3 heteroatoms. The molecule has 0 radical (unpaired) electrons. The SMILES string of the molecule is CCCCCCCCCCCCCCCCC[CH2][Al]([O]C)[O]C. The zero-order valence-corrected chi connectivity index (χ0v) is 17.6. The van der Waals surface area contributed by atoms with Crippen molar-refractivity contribution in [2.24, 2.45) is 0 Å². The molecule has 0 fully saturated rings. The average Bonchev–Trinajstić information content (AvgIpc) is 2.58. The highest BCUT2D eigenvalue weighted by atomic mass is 27.2. The molecule has 0 rings (SSSR count). The van der Waals surface area contributed by atoms with Crippen LogP contribution in [-0.2, 0) is 7.58 Å². The van der Waals surface area contributed by atoms with Crippen LogP contribution >= 0.6 is 0 Å². The molecule has 0 aromatic carbocycles. The first-order valence-electron chi connectivity index (χ1n) is 10.4. The van der Waals surface area contributed by atoms with Gasteiger partial charge in [-0.05, 0) is 5.28 Å². The van der Waals surface area contributed by atoms with Gasteiger partial charge < -0.3 is 7.58 Å². The van der Waals surface area contributed by atoms with Crippen molar-refractivity contribution < 1.29 is 7.58 Å². The molecule has 138 valence electrons. The molecule has 0 spiro atoms. The van der Waals surface area contributed by atoms with Gasteiger partial charge in [-0.1, -0.05) is 110 Å². The van der Waals surface area contributed by atoms with Crippen molar-refractivity contribution in [1.29, 1.82) is 0 Å². The van der Waals surface area contributed by atoms with Crippen LogP contribution in [0.15, 0.2) is 0 Å². The van der Waals surface area contributed by atoms with Crippen LogP contribution in [0.2, 0.25) is 5.28 Å². The number of hydrogen-bond donors (Lipinski definition) is 0. The van der Waals surface area contributed by atoms with E-state index in [0.29, 0.717) is 0 Å². The summed E-state index contributed by atoms with van der Waals surface area (Å²) in [4.78, 5) is 0. The van der Waals surface area contributed by atoms with Crippen molar-refractivity contribution in [3.63, 3.8) is 0 Å². The summed E-state index contributed by atoms with van der Waals surface area (Å²) < 4.78 is 10.7. The Hall–Kier alpha value is 0.452. The van der Waals surface area contributed by atoms with Gasteiger partial charge in [0.1, 0.15) is 0 Å². The lowest BCUT2D eigenvalue weighted by Gasteiger charge is -2.06. The van der Waals surface area contributed by atoms with Crippen molar-refractivity contribution in [2.45, 2.75) is 115 Å². The van der Waals surface area contributed by atoms with Crippen molar-refractivity contribution in [2.75, 3.05) is 14.2 Å². The molecule has 0 N–H and O–H groups in total. The second-order valence-electron chi connectivity index (χ2n) is 6.99. The molecular formula is C20H43AlO2. The van der Waals surface area contributed by atoms with Crippen LogP contribution < -0.4 is 0 Å². The third kappa shape index (κ3) is 18.6. The predicted molar refractivity (Wildman–Crippen MR) is 104 cm³/mol. The summed E-state index contributed by atoms with van der Waals surface area (Å²) in [5, 5.41) is 1.17. The summed E-state index contributed by atoms with van der Waals surface area (Å²) in [6.45, 7) is 2.29. The summed E-state index contributed by atoms with van der Waals surface area (Å²) in [6, 6.07) is 0. The second kappa shape index (κ2) is 20.5. The lowest BCUT2D eigenvalue weighted by atomic mass is 10.0. The molecule has 0 aliphatic heterocycles. The van der Waals surface area contributed by atoms with Gasteiger partial charge in [-0.25, -0.2) is 0 Å². The van der Waals surface area contributed by atoms with Gasteiger partial charge >= 0.3 is 14.8 Å². The van der Waals surface area contributed by atoms with Gasteiger partial charge in [-0.2, -0.15) is 0 Å². The topological polar surface area (TPSA) is 18.5 Å². The van der Waals surface area contributed by atoms with Gasteiger partial charge in [-0.3, -0.25) is 0 Å². The second-order valence-corrected chi connectivity index (χ2v) is 9.37. The molecule has 0 aromatic rings. The molecule has 0 aliphatic rings. The molecule has 0 unspecified atom stereocenters. The van der Waals surface area contributed by atoms with E-state index in [1.54, 1.807) is 14.2 Å². The minimum atomic E-state index is -1.29. The highest BCUT2D eigenvalue weighted by Gasteiger charge is 2.20. The molecular weight excluding hydrogens is 299 g/mol. The Kier molecular flexibility index (Phi) is 20.9. The van der Waals surface area contributed by atoms with Crippen LogP contribution in [0, 0.1) is 0 Å². The lowest BCUT2D eigenvalue weighted by molar-refractivity contribution is 0.276. The van der Waals surface area contributed by atoms with Crippen molar-refractivity contribution >= 4 is 14.8 Å². The largest absolute Gasteiger partial charge is 0.674 e. The van der Waals surface area contributed by atoms with E-state index in [1.807, 2.05) is 0 Å². The molecule has 0 aliphatic carbocycles. The molecule has 23 heavy (non-hydrogen) atoms. The quantitative estimate of drug-likeness (QED) is 0.185. The van der Waals surface area contributed by atoms with Gasteiger partial charge in [0.05, 0.1) is 0 Å². The molecule has 0 heterocycles. The van der Waals surface area contributed by atoms with Crippen LogP contribution in [0.4, 0.5) is 0 Å². The van der Waals surface area contributed by atoms with E-state index in [2.05, 4.69) is 6.92 Å². The van der Waals surface area contributed by atoms with E-state index in [-0.39, 0.29) is 0 Å². The fourth-order valence-corrected chi connectivity index (χ4v) is 4.48. The Morgan fingerprint density at radius 3 is 1.09 bits per heavy atom. The van der Waals surface area contributed by atoms with Crippen molar-refractivity contribution in [3.8, 4) is 0 Å². The van der Waals surface area contributed by atoms with E-state index in [1.165, 1.54) is 108 Å². The van der Waals surface area contributed by atoms with Crippen molar-refractivity contribution in [3.05, 3.63) is 0 Å². The van der Waals surface area contributed by atoms with Crippen LogP contribution in [0.25, 0.3) is 0 Å². The van der Waals surface area contributed by atoms with Crippen LogP contribution in [-0.4, -0.2) is 29.0 Å². The zero-order valence-electron chi connectivity index (χ0n) is 16.4. The van der Waals surface area contributed by atoms with Crippen LogP contribution in [0.3, 0.4) is 0 Å². The van der Waals surface area contributed by atoms with Gasteiger partial charge in [0.2, 0.25) is 0 Å². The smallest absolute Gasteiger partial charge is 0.481 e. The fourth-order valence-electron chi connectivity index (χ4n) is 3.19. The Balaban J connectivity index is 3.02. The summed E-state index contributed by atoms with van der Waals surface area (Å²) >= 11 is -1.29. The maximum atomic E-state index is 5.34. The third-order valence-corrected chi connectivity index (χ3v) is 6.75. The molecule has 0 saturated heterocycles. The van der Waals surface area contributed by atoms with Gasteiger partial charge in [0, 0.05) is 14.2 Å². The van der Waals surface area contributed by atoms with E-state index in [4.69, 9.17) is 7.58 Å². The fraction of sp³-hybridized carbons (Fsp3) is 1.00. The standard InChI is InChI=1S/C18H37.2CH3O.Al/c1-3-5-7-9-11-13-15-17-18-16-14-12-10-8-6-4-2;2*1-2;/h1,3-18H2,2H3;2*1H3;/q;2*-1;+2. The molecule has 0 atom stereocenters. The highest BCUT2D eigenvalue weighted by molar-refractivity contribution is 6.44. The molecule has 0 saturated carbocycles. The highest BCUT2D eigenvalue weighted by Crippen LogP contribution is 2.14. The number of hydrogen-bond acceptors (Lipinski definition) is 2. The van der Waals surface area contributed by atoms with Crippen LogP contribution in [0.1, 0.15) is 110 Å². The van der Waals surface area contributed by atoms with Gasteiger partial charge in [-0.15, -0.1) is 0 Å². The molecule has 2 nitrogen and oxygen atoms in total. The maximum Gasteiger partial charge on any atom is 0.674 e. The van der Waals surface area contributed by atoms with E-state index >= 15 is 0 Å². The van der Waals surface area contributed by atoms with Crippen molar-refractivity contribution in [1.82, 2.24) is 0 Å².